The van der Waals surface area contributed by atoms with Crippen molar-refractivity contribution in [3.05, 3.63) is 35.9 Å². The maximum absolute atomic E-state index is 12.8. The number of carboxylic acids is 1. The van der Waals surface area contributed by atoms with Crippen LogP contribution >= 0.6 is 0 Å². The van der Waals surface area contributed by atoms with Crippen LogP contribution in [0, 0.1) is 11.3 Å². The molecule has 2 unspecified atom stereocenters. The highest BCUT2D eigenvalue weighted by Crippen LogP contribution is 2.53. The van der Waals surface area contributed by atoms with Crippen LogP contribution in [0.2, 0.25) is 0 Å². The zero-order valence-corrected chi connectivity index (χ0v) is 13.3. The highest BCUT2D eigenvalue weighted by atomic mass is 16.4. The fourth-order valence-corrected chi connectivity index (χ4v) is 4.84. The summed E-state index contributed by atoms with van der Waals surface area (Å²) in [4.78, 5) is 27.0. The van der Waals surface area contributed by atoms with Crippen molar-refractivity contribution in [1.29, 1.82) is 0 Å². The molecule has 3 fully saturated rings. The first-order valence-corrected chi connectivity index (χ1v) is 8.71. The molecule has 1 aliphatic carbocycles. The summed E-state index contributed by atoms with van der Waals surface area (Å²) in [5, 5.41) is 10.0. The maximum atomic E-state index is 12.8. The molecule has 0 spiro atoms. The van der Waals surface area contributed by atoms with Crippen LogP contribution in [0.4, 0.5) is 0 Å². The van der Waals surface area contributed by atoms with Crippen LogP contribution in [0.5, 0.6) is 0 Å². The molecule has 122 valence electrons. The van der Waals surface area contributed by atoms with Gasteiger partial charge in [0.2, 0.25) is 5.91 Å². The van der Waals surface area contributed by atoms with Crippen LogP contribution in [0.15, 0.2) is 30.3 Å². The molecule has 1 aromatic rings. The topological polar surface area (TPSA) is 57.6 Å². The lowest BCUT2D eigenvalue weighted by Gasteiger charge is -2.36. The molecule has 1 amide bonds. The molecular weight excluding hydrogens is 290 g/mol. The molecule has 1 saturated carbocycles. The van der Waals surface area contributed by atoms with Gasteiger partial charge in [-0.3, -0.25) is 9.59 Å². The van der Waals surface area contributed by atoms with E-state index in [2.05, 4.69) is 0 Å². The van der Waals surface area contributed by atoms with Gasteiger partial charge >= 0.3 is 5.97 Å². The van der Waals surface area contributed by atoms with E-state index < -0.39 is 11.4 Å². The zero-order chi connectivity index (χ0) is 16.0. The lowest BCUT2D eigenvalue weighted by molar-refractivity contribution is -0.152. The zero-order valence-electron chi connectivity index (χ0n) is 13.3. The Morgan fingerprint density at radius 3 is 2.48 bits per heavy atom. The van der Waals surface area contributed by atoms with Crippen molar-refractivity contribution in [3.63, 3.8) is 0 Å². The average molecular weight is 313 g/mol. The van der Waals surface area contributed by atoms with Crippen molar-refractivity contribution >= 4 is 11.9 Å². The quantitative estimate of drug-likeness (QED) is 0.930. The van der Waals surface area contributed by atoms with E-state index in [9.17, 15) is 14.7 Å². The van der Waals surface area contributed by atoms with Crippen molar-refractivity contribution in [2.24, 2.45) is 11.3 Å². The number of amides is 1. The second-order valence-electron chi connectivity index (χ2n) is 7.45. The van der Waals surface area contributed by atoms with Gasteiger partial charge in [-0.1, -0.05) is 36.8 Å². The van der Waals surface area contributed by atoms with E-state index in [1.165, 1.54) is 0 Å². The van der Waals surface area contributed by atoms with Crippen molar-refractivity contribution in [3.8, 4) is 0 Å². The van der Waals surface area contributed by atoms with E-state index in [0.29, 0.717) is 12.8 Å². The first-order chi connectivity index (χ1) is 11.1. The van der Waals surface area contributed by atoms with Crippen LogP contribution in [0.3, 0.4) is 0 Å². The minimum atomic E-state index is -0.802. The Bertz CT molecular complexity index is 625. The number of carbonyl (C=O) groups is 2. The second-order valence-corrected chi connectivity index (χ2v) is 7.45. The second kappa shape index (κ2) is 5.36. The number of benzene rings is 1. The fraction of sp³-hybridized carbons (Fsp3) is 0.579. The van der Waals surface area contributed by atoms with E-state index in [0.717, 1.165) is 37.7 Å². The summed E-state index contributed by atoms with van der Waals surface area (Å²) >= 11 is 0. The third kappa shape index (κ3) is 2.19. The Hall–Kier alpha value is -1.84. The molecule has 0 aromatic heterocycles. The summed E-state index contributed by atoms with van der Waals surface area (Å²) in [6, 6.07) is 9.85. The van der Waals surface area contributed by atoms with Crippen LogP contribution in [-0.4, -0.2) is 34.0 Å². The number of nitrogens with zero attached hydrogens (tertiary/aromatic N) is 1. The van der Waals surface area contributed by atoms with Gasteiger partial charge in [-0.05, 0) is 44.1 Å². The van der Waals surface area contributed by atoms with Crippen LogP contribution in [0.1, 0.15) is 44.1 Å². The maximum Gasteiger partial charge on any atom is 0.312 e. The minimum absolute atomic E-state index is 0.127. The molecule has 4 heteroatoms. The highest BCUT2D eigenvalue weighted by molar-refractivity contribution is 5.84. The number of aliphatic carboxylic acids is 1. The predicted molar refractivity (Wildman–Crippen MR) is 85.8 cm³/mol. The van der Waals surface area contributed by atoms with Crippen molar-refractivity contribution < 1.29 is 14.7 Å². The monoisotopic (exact) mass is 313 g/mol. The van der Waals surface area contributed by atoms with Gasteiger partial charge in [0.25, 0.3) is 0 Å². The average Bonchev–Trinajstić information content (AvgIpc) is 3.02. The molecule has 23 heavy (non-hydrogen) atoms. The Kier molecular flexibility index (Phi) is 3.43. The Labute approximate surface area is 136 Å². The van der Waals surface area contributed by atoms with Crippen molar-refractivity contribution in [2.45, 2.75) is 57.0 Å². The van der Waals surface area contributed by atoms with Gasteiger partial charge in [0, 0.05) is 18.0 Å². The summed E-state index contributed by atoms with van der Waals surface area (Å²) in [6.07, 6.45) is 6.03. The van der Waals surface area contributed by atoms with Gasteiger partial charge in [0.1, 0.15) is 0 Å². The molecule has 3 atom stereocenters. The Morgan fingerprint density at radius 2 is 1.87 bits per heavy atom. The molecule has 0 radical (unpaired) electrons. The number of hydrogen-bond acceptors (Lipinski definition) is 2. The lowest BCUT2D eigenvalue weighted by Crippen LogP contribution is -2.48. The standard InChI is InChI=1S/C19H23NO3/c21-17(14-7-4-8-14)20-15-9-10-16(20)19(12-15,18(22)23)11-13-5-2-1-3-6-13/h1-3,5-6,14-16H,4,7-12H2,(H,22,23)/t15?,16?,19-/m1/s1. The third-order valence-corrected chi connectivity index (χ3v) is 6.24. The van der Waals surface area contributed by atoms with E-state index in [4.69, 9.17) is 0 Å². The smallest absolute Gasteiger partial charge is 0.312 e. The summed E-state index contributed by atoms with van der Waals surface area (Å²) in [5.74, 6) is -0.362. The fourth-order valence-electron chi connectivity index (χ4n) is 4.84. The SMILES string of the molecule is O=C(C1CCC1)N1C2CCC1[C@](Cc1ccccc1)(C(=O)O)C2. The lowest BCUT2D eigenvalue weighted by atomic mass is 9.70. The summed E-state index contributed by atoms with van der Waals surface area (Å²) in [5.41, 5.74) is 0.252. The Morgan fingerprint density at radius 1 is 1.13 bits per heavy atom. The van der Waals surface area contributed by atoms with E-state index in [1.807, 2.05) is 35.2 Å². The number of hydrogen-bond donors (Lipinski definition) is 1. The molecule has 4 nitrogen and oxygen atoms in total. The van der Waals surface area contributed by atoms with E-state index >= 15 is 0 Å². The van der Waals surface area contributed by atoms with Gasteiger partial charge in [0.05, 0.1) is 5.41 Å². The molecule has 4 rings (SSSR count). The minimum Gasteiger partial charge on any atom is -0.481 e. The number of fused-ring (bicyclic) bond motifs is 2. The molecule has 2 bridgehead atoms. The summed E-state index contributed by atoms with van der Waals surface area (Å²) in [6.45, 7) is 0. The van der Waals surface area contributed by atoms with Crippen molar-refractivity contribution in [2.75, 3.05) is 0 Å². The van der Waals surface area contributed by atoms with E-state index in [-0.39, 0.29) is 23.9 Å². The van der Waals surface area contributed by atoms with Gasteiger partial charge in [0.15, 0.2) is 0 Å². The number of rotatable bonds is 4. The first kappa shape index (κ1) is 14.7. The van der Waals surface area contributed by atoms with Crippen LogP contribution in [0.25, 0.3) is 0 Å². The summed E-state index contributed by atoms with van der Waals surface area (Å²) in [7, 11) is 0. The molecule has 2 aliphatic heterocycles. The summed E-state index contributed by atoms with van der Waals surface area (Å²) < 4.78 is 0. The van der Waals surface area contributed by atoms with Crippen LogP contribution < -0.4 is 0 Å². The largest absolute Gasteiger partial charge is 0.481 e. The number of carboxylic acid groups (broad SMARTS) is 1. The van der Waals surface area contributed by atoms with Gasteiger partial charge in [-0.25, -0.2) is 0 Å². The van der Waals surface area contributed by atoms with Gasteiger partial charge in [-0.2, -0.15) is 0 Å². The van der Waals surface area contributed by atoms with E-state index in [1.54, 1.807) is 0 Å². The molecule has 3 aliphatic rings. The van der Waals surface area contributed by atoms with Crippen LogP contribution in [-0.2, 0) is 16.0 Å². The molecule has 1 aromatic carbocycles. The number of carbonyl (C=O) groups excluding carboxylic acids is 1. The molecular formula is C19H23NO3. The molecule has 1 N–H and O–H groups in total. The van der Waals surface area contributed by atoms with Gasteiger partial charge in [-0.15, -0.1) is 0 Å². The normalized spacial score (nSPS) is 32.8. The third-order valence-electron chi connectivity index (χ3n) is 6.24. The Balaban J connectivity index is 1.63. The van der Waals surface area contributed by atoms with Gasteiger partial charge < -0.3 is 10.0 Å². The molecule has 2 saturated heterocycles. The predicted octanol–water partition coefficient (Wildman–Crippen LogP) is 2.86. The van der Waals surface area contributed by atoms with Crippen molar-refractivity contribution in [1.82, 2.24) is 4.90 Å². The molecule has 2 heterocycles. The first-order valence-electron chi connectivity index (χ1n) is 8.71. The highest BCUT2D eigenvalue weighted by Gasteiger charge is 2.61.